The highest BCUT2D eigenvalue weighted by Crippen LogP contribution is 2.51. The Labute approximate surface area is 115 Å². The van der Waals surface area contributed by atoms with E-state index in [4.69, 9.17) is 14.9 Å². The van der Waals surface area contributed by atoms with Crippen molar-refractivity contribution in [1.29, 1.82) is 0 Å². The second-order valence-corrected chi connectivity index (χ2v) is 5.47. The van der Waals surface area contributed by atoms with Gasteiger partial charge in [0.1, 0.15) is 0 Å². The molecular weight excluding hydrogens is 289 g/mol. The van der Waals surface area contributed by atoms with Crippen molar-refractivity contribution in [3.63, 3.8) is 0 Å². The lowest BCUT2D eigenvalue weighted by atomic mass is 10.2. The highest BCUT2D eigenvalue weighted by atomic mass is 31.2. The van der Waals surface area contributed by atoms with Gasteiger partial charge in [0.2, 0.25) is 0 Å². The molecule has 1 aromatic rings. The van der Waals surface area contributed by atoms with E-state index in [1.165, 1.54) is 24.3 Å². The van der Waals surface area contributed by atoms with Crippen LogP contribution in [0.1, 0.15) is 31.1 Å². The number of carbonyl (C=O) groups is 1. The monoisotopic (exact) mass is 305 g/mol. The van der Waals surface area contributed by atoms with E-state index in [0.717, 1.165) is 6.42 Å². The van der Waals surface area contributed by atoms with Crippen molar-refractivity contribution in [2.45, 2.75) is 25.5 Å². The molecule has 0 saturated carbocycles. The first kappa shape index (κ1) is 18.2. The second kappa shape index (κ2) is 8.42. The third kappa shape index (κ3) is 6.98. The molecule has 3 N–H and O–H groups in total. The van der Waals surface area contributed by atoms with Crippen molar-refractivity contribution in [2.24, 2.45) is 0 Å². The van der Waals surface area contributed by atoms with Gasteiger partial charge < -0.3 is 14.9 Å². The second-order valence-electron chi connectivity index (χ2n) is 3.80. The van der Waals surface area contributed by atoms with E-state index < -0.39 is 24.3 Å². The molecule has 0 aliphatic heterocycles. The molecule has 1 aromatic carbocycles. The maximum absolute atomic E-state index is 10.8. The summed E-state index contributed by atoms with van der Waals surface area (Å²) in [7, 11) is -4.75. The number of hydrogen-bond donors (Lipinski definition) is 3. The first-order chi connectivity index (χ1) is 9.20. The van der Waals surface area contributed by atoms with Crippen molar-refractivity contribution in [1.82, 2.24) is 0 Å². The van der Waals surface area contributed by atoms with Crippen molar-refractivity contribution in [2.75, 3.05) is 0 Å². The SMILES string of the molecule is CCCC(=O)O.O=[N+]([O-])C(c1ccccc1)P(=O)(O)O. The van der Waals surface area contributed by atoms with Crippen LogP contribution in [0.5, 0.6) is 0 Å². The molecule has 0 spiro atoms. The maximum atomic E-state index is 10.8. The Hall–Kier alpha value is -1.76. The average molecular weight is 305 g/mol. The number of rotatable bonds is 5. The van der Waals surface area contributed by atoms with E-state index in [9.17, 15) is 19.5 Å². The third-order valence-corrected chi connectivity index (χ3v) is 3.20. The van der Waals surface area contributed by atoms with Crippen LogP contribution in [-0.2, 0) is 9.36 Å². The predicted molar refractivity (Wildman–Crippen MR) is 70.8 cm³/mol. The van der Waals surface area contributed by atoms with Crippen LogP contribution in [0.4, 0.5) is 0 Å². The van der Waals surface area contributed by atoms with Crippen molar-refractivity contribution in [3.8, 4) is 0 Å². The minimum Gasteiger partial charge on any atom is -0.481 e. The van der Waals surface area contributed by atoms with E-state index in [0.29, 0.717) is 6.42 Å². The number of benzene rings is 1. The molecule has 0 radical (unpaired) electrons. The molecule has 0 aliphatic rings. The predicted octanol–water partition coefficient (Wildman–Crippen LogP) is 2.01. The molecule has 0 aromatic heterocycles. The lowest BCUT2D eigenvalue weighted by molar-refractivity contribution is -0.506. The van der Waals surface area contributed by atoms with Gasteiger partial charge >= 0.3 is 19.3 Å². The fraction of sp³-hybridized carbons (Fsp3) is 0.364. The maximum Gasteiger partial charge on any atom is 0.403 e. The molecule has 8 nitrogen and oxygen atoms in total. The average Bonchev–Trinajstić information content (AvgIpc) is 2.28. The van der Waals surface area contributed by atoms with Crippen LogP contribution in [0.2, 0.25) is 0 Å². The molecule has 1 atom stereocenters. The summed E-state index contributed by atoms with van der Waals surface area (Å²) in [6.45, 7) is 1.84. The summed E-state index contributed by atoms with van der Waals surface area (Å²) in [6.07, 6.45) is 1.02. The minimum atomic E-state index is -4.75. The summed E-state index contributed by atoms with van der Waals surface area (Å²) in [5.41, 5.74) is 0.00540. The van der Waals surface area contributed by atoms with Crippen LogP contribution in [0.15, 0.2) is 30.3 Å². The lowest BCUT2D eigenvalue weighted by Gasteiger charge is -2.10. The number of carboxylic acids is 1. The Morgan fingerprint density at radius 1 is 1.35 bits per heavy atom. The van der Waals surface area contributed by atoms with Gasteiger partial charge in [-0.2, -0.15) is 0 Å². The smallest absolute Gasteiger partial charge is 0.403 e. The number of nitro groups is 1. The zero-order valence-corrected chi connectivity index (χ0v) is 11.6. The standard InChI is InChI=1S/C7H8NO5P.C4H8O2/c9-8(10)7(14(11,12)13)6-4-2-1-3-5-6;1-2-3-4(5)6/h1-5,7H,(H2,11,12,13);2-3H2,1H3,(H,5,6). The molecule has 0 amide bonds. The molecule has 9 heteroatoms. The Bertz CT molecular complexity index is 485. The molecule has 112 valence electrons. The van der Waals surface area contributed by atoms with Gasteiger partial charge in [-0.1, -0.05) is 37.3 Å². The van der Waals surface area contributed by atoms with Gasteiger partial charge in [0.05, 0.1) is 0 Å². The van der Waals surface area contributed by atoms with E-state index in [2.05, 4.69) is 0 Å². The van der Waals surface area contributed by atoms with Crippen LogP contribution in [-0.4, -0.2) is 25.8 Å². The summed E-state index contributed by atoms with van der Waals surface area (Å²) >= 11 is 0. The molecule has 1 unspecified atom stereocenters. The number of hydrogen-bond acceptors (Lipinski definition) is 4. The molecule has 20 heavy (non-hydrogen) atoms. The van der Waals surface area contributed by atoms with Crippen molar-refractivity contribution >= 4 is 13.6 Å². The van der Waals surface area contributed by atoms with Gasteiger partial charge in [0.15, 0.2) is 0 Å². The first-order valence-corrected chi connectivity index (χ1v) is 7.33. The molecule has 0 saturated heterocycles. The molecular formula is C11H16NO7P. The zero-order chi connectivity index (χ0) is 15.8. The topological polar surface area (TPSA) is 138 Å². The summed E-state index contributed by atoms with van der Waals surface area (Å²) in [5, 5.41) is 18.4. The molecule has 0 bridgehead atoms. The Morgan fingerprint density at radius 3 is 2.10 bits per heavy atom. The van der Waals surface area contributed by atoms with E-state index in [1.807, 2.05) is 6.92 Å². The van der Waals surface area contributed by atoms with Crippen molar-refractivity contribution < 1.29 is 29.2 Å². The minimum absolute atomic E-state index is 0.00540. The van der Waals surface area contributed by atoms with E-state index in [-0.39, 0.29) is 5.56 Å². The zero-order valence-electron chi connectivity index (χ0n) is 10.7. The van der Waals surface area contributed by atoms with Gasteiger partial charge in [0, 0.05) is 16.9 Å². The number of aliphatic carboxylic acids is 1. The Morgan fingerprint density at radius 2 is 1.85 bits per heavy atom. The first-order valence-electron chi connectivity index (χ1n) is 5.65. The summed E-state index contributed by atoms with van der Waals surface area (Å²) in [5.74, 6) is -2.68. The molecule has 0 fully saturated rings. The highest BCUT2D eigenvalue weighted by Gasteiger charge is 2.41. The lowest BCUT2D eigenvalue weighted by Crippen LogP contribution is -2.10. The van der Waals surface area contributed by atoms with Gasteiger partial charge in [-0.15, -0.1) is 0 Å². The van der Waals surface area contributed by atoms with Gasteiger partial charge in [-0.05, 0) is 6.42 Å². The van der Waals surface area contributed by atoms with Crippen molar-refractivity contribution in [3.05, 3.63) is 46.0 Å². The van der Waals surface area contributed by atoms with Gasteiger partial charge in [-0.25, -0.2) is 0 Å². The van der Waals surface area contributed by atoms with Gasteiger partial charge in [0.25, 0.3) is 0 Å². The molecule has 0 aliphatic carbocycles. The van der Waals surface area contributed by atoms with Crippen LogP contribution in [0.3, 0.4) is 0 Å². The summed E-state index contributed by atoms with van der Waals surface area (Å²) in [6, 6.07) is 7.21. The van der Waals surface area contributed by atoms with E-state index >= 15 is 0 Å². The molecule has 1 rings (SSSR count). The Kier molecular flexibility index (Phi) is 7.68. The van der Waals surface area contributed by atoms with Crippen LogP contribution in [0.25, 0.3) is 0 Å². The number of carboxylic acid groups (broad SMARTS) is 1. The number of nitrogens with zero attached hydrogens (tertiary/aromatic N) is 1. The van der Waals surface area contributed by atoms with Crippen LogP contribution < -0.4 is 0 Å². The summed E-state index contributed by atoms with van der Waals surface area (Å²) < 4.78 is 10.8. The Balaban J connectivity index is 0.000000511. The normalized spacial score (nSPS) is 11.9. The largest absolute Gasteiger partial charge is 0.481 e. The van der Waals surface area contributed by atoms with Gasteiger partial charge in [-0.3, -0.25) is 19.5 Å². The summed E-state index contributed by atoms with van der Waals surface area (Å²) in [4.78, 5) is 36.6. The van der Waals surface area contributed by atoms with Crippen LogP contribution in [0, 0.1) is 10.1 Å². The molecule has 0 heterocycles. The van der Waals surface area contributed by atoms with E-state index in [1.54, 1.807) is 6.07 Å². The highest BCUT2D eigenvalue weighted by molar-refractivity contribution is 7.51. The fourth-order valence-corrected chi connectivity index (χ4v) is 2.08. The fourth-order valence-electron chi connectivity index (χ4n) is 1.28. The van der Waals surface area contributed by atoms with Crippen LogP contribution >= 0.6 is 7.60 Å². The quantitative estimate of drug-likeness (QED) is 0.429. The third-order valence-electron chi connectivity index (χ3n) is 2.08.